The molecule has 0 heterocycles. The highest BCUT2D eigenvalue weighted by Gasteiger charge is 2.31. The molecule has 0 aliphatic heterocycles. The number of hydrogen-bond acceptors (Lipinski definition) is 2. The standard InChI is InChI=1S/C26H32O2/c1-25(2,3)21-16-22(28-7)20(23(24(21)27)26(4,5)6)15-18-13-10-12-17-11-8-9-14-19(17)18/h8-14,16,27H,15H2,1-7H3. The largest absolute Gasteiger partial charge is 0.507 e. The number of hydrogen-bond donors (Lipinski definition) is 1. The van der Waals surface area contributed by atoms with Gasteiger partial charge >= 0.3 is 0 Å². The van der Waals surface area contributed by atoms with Gasteiger partial charge in [0.05, 0.1) is 7.11 Å². The van der Waals surface area contributed by atoms with Gasteiger partial charge in [-0.25, -0.2) is 0 Å². The average Bonchev–Trinajstić information content (AvgIpc) is 2.60. The topological polar surface area (TPSA) is 29.5 Å². The average molecular weight is 377 g/mol. The molecular weight excluding hydrogens is 344 g/mol. The van der Waals surface area contributed by atoms with Gasteiger partial charge in [0.15, 0.2) is 0 Å². The van der Waals surface area contributed by atoms with Crippen molar-refractivity contribution in [2.45, 2.75) is 58.8 Å². The molecule has 0 aliphatic rings. The van der Waals surface area contributed by atoms with Gasteiger partial charge in [-0.05, 0) is 33.2 Å². The Balaban J connectivity index is 2.29. The molecular formula is C26H32O2. The summed E-state index contributed by atoms with van der Waals surface area (Å²) in [6, 6.07) is 16.9. The van der Waals surface area contributed by atoms with Crippen molar-refractivity contribution in [2.75, 3.05) is 7.11 Å². The first kappa shape index (κ1) is 20.3. The van der Waals surface area contributed by atoms with Crippen molar-refractivity contribution in [1.82, 2.24) is 0 Å². The molecule has 0 aromatic heterocycles. The maximum Gasteiger partial charge on any atom is 0.123 e. The first-order valence-corrected chi connectivity index (χ1v) is 9.94. The molecule has 0 amide bonds. The van der Waals surface area contributed by atoms with Gasteiger partial charge in [-0.1, -0.05) is 84.0 Å². The molecule has 2 heteroatoms. The predicted molar refractivity (Wildman–Crippen MR) is 119 cm³/mol. The number of benzene rings is 3. The molecule has 3 rings (SSSR count). The number of phenolic OH excluding ortho intramolecular Hbond substituents is 1. The van der Waals surface area contributed by atoms with Gasteiger partial charge in [-0.3, -0.25) is 0 Å². The van der Waals surface area contributed by atoms with Gasteiger partial charge in [-0.15, -0.1) is 0 Å². The molecule has 2 nitrogen and oxygen atoms in total. The molecule has 3 aromatic carbocycles. The Hall–Kier alpha value is -2.48. The van der Waals surface area contributed by atoms with Crippen LogP contribution >= 0.6 is 0 Å². The maximum atomic E-state index is 11.3. The van der Waals surface area contributed by atoms with Crippen LogP contribution in [0.15, 0.2) is 48.5 Å². The van der Waals surface area contributed by atoms with Gasteiger partial charge in [0.2, 0.25) is 0 Å². The third kappa shape index (κ3) is 3.73. The Morgan fingerprint density at radius 3 is 2.11 bits per heavy atom. The number of fused-ring (bicyclic) bond motifs is 1. The molecule has 0 fully saturated rings. The van der Waals surface area contributed by atoms with Crippen LogP contribution in [0.4, 0.5) is 0 Å². The van der Waals surface area contributed by atoms with Gasteiger partial charge in [0.1, 0.15) is 11.5 Å². The molecule has 0 bridgehead atoms. The fourth-order valence-electron chi connectivity index (χ4n) is 4.06. The molecule has 1 N–H and O–H groups in total. The van der Waals surface area contributed by atoms with E-state index in [1.54, 1.807) is 7.11 Å². The van der Waals surface area contributed by atoms with Crippen LogP contribution in [0.3, 0.4) is 0 Å². The molecule has 0 aliphatic carbocycles. The number of rotatable bonds is 3. The van der Waals surface area contributed by atoms with Crippen LogP contribution in [0.25, 0.3) is 10.8 Å². The Bertz CT molecular complexity index is 996. The van der Waals surface area contributed by atoms with Crippen LogP contribution < -0.4 is 4.74 Å². The van der Waals surface area contributed by atoms with E-state index >= 15 is 0 Å². The predicted octanol–water partition coefficient (Wildman–Crippen LogP) is 6.74. The minimum Gasteiger partial charge on any atom is -0.507 e. The molecule has 0 atom stereocenters. The van der Waals surface area contributed by atoms with Crippen molar-refractivity contribution in [3.63, 3.8) is 0 Å². The van der Waals surface area contributed by atoms with Crippen LogP contribution in [0.5, 0.6) is 11.5 Å². The van der Waals surface area contributed by atoms with Gasteiger partial charge in [0, 0.05) is 23.1 Å². The third-order valence-corrected chi connectivity index (χ3v) is 5.39. The second-order valence-electron chi connectivity index (χ2n) is 9.64. The lowest BCUT2D eigenvalue weighted by atomic mass is 9.75. The lowest BCUT2D eigenvalue weighted by Crippen LogP contribution is -2.20. The van der Waals surface area contributed by atoms with Crippen molar-refractivity contribution in [1.29, 1.82) is 0 Å². The Kier molecular flexibility index (Phi) is 5.18. The Morgan fingerprint density at radius 2 is 1.50 bits per heavy atom. The van der Waals surface area contributed by atoms with Crippen molar-refractivity contribution >= 4 is 10.8 Å². The molecule has 3 aromatic rings. The number of phenols is 1. The summed E-state index contributed by atoms with van der Waals surface area (Å²) in [5, 5.41) is 13.8. The number of aromatic hydroxyl groups is 1. The summed E-state index contributed by atoms with van der Waals surface area (Å²) in [6.45, 7) is 12.8. The zero-order valence-corrected chi connectivity index (χ0v) is 18.2. The summed E-state index contributed by atoms with van der Waals surface area (Å²) in [7, 11) is 1.72. The van der Waals surface area contributed by atoms with E-state index in [4.69, 9.17) is 4.74 Å². The Labute approximate surface area is 169 Å². The fourth-order valence-corrected chi connectivity index (χ4v) is 4.06. The second-order valence-corrected chi connectivity index (χ2v) is 9.64. The second kappa shape index (κ2) is 7.16. The van der Waals surface area contributed by atoms with E-state index in [9.17, 15) is 5.11 Å². The number of methoxy groups -OCH3 is 1. The van der Waals surface area contributed by atoms with Crippen LogP contribution in [0.1, 0.15) is 63.8 Å². The van der Waals surface area contributed by atoms with Crippen LogP contribution in [-0.2, 0) is 17.3 Å². The van der Waals surface area contributed by atoms with Crippen molar-refractivity contribution in [3.05, 3.63) is 70.8 Å². The summed E-state index contributed by atoms with van der Waals surface area (Å²) in [6.07, 6.45) is 0.717. The lowest BCUT2D eigenvalue weighted by Gasteiger charge is -2.31. The summed E-state index contributed by atoms with van der Waals surface area (Å²) >= 11 is 0. The minimum absolute atomic E-state index is 0.171. The van der Waals surface area contributed by atoms with E-state index in [-0.39, 0.29) is 10.8 Å². The molecule has 0 radical (unpaired) electrons. The lowest BCUT2D eigenvalue weighted by molar-refractivity contribution is 0.389. The zero-order chi connectivity index (χ0) is 20.7. The van der Waals surface area contributed by atoms with E-state index in [2.05, 4.69) is 84.0 Å². The molecule has 0 saturated carbocycles. The summed E-state index contributed by atoms with van der Waals surface area (Å²) in [4.78, 5) is 0. The van der Waals surface area contributed by atoms with Gasteiger partial charge in [-0.2, -0.15) is 0 Å². The van der Waals surface area contributed by atoms with Crippen molar-refractivity contribution in [2.24, 2.45) is 0 Å². The highest BCUT2D eigenvalue weighted by molar-refractivity contribution is 5.86. The van der Waals surface area contributed by atoms with Crippen LogP contribution in [0, 0.1) is 0 Å². The summed E-state index contributed by atoms with van der Waals surface area (Å²) in [5.41, 5.74) is 3.83. The Morgan fingerprint density at radius 1 is 0.857 bits per heavy atom. The SMILES string of the molecule is COc1cc(C(C)(C)C)c(O)c(C(C)(C)C)c1Cc1cccc2ccccc12. The zero-order valence-electron chi connectivity index (χ0n) is 18.2. The quantitative estimate of drug-likeness (QED) is 0.548. The van der Waals surface area contributed by atoms with Gasteiger partial charge in [0.25, 0.3) is 0 Å². The van der Waals surface area contributed by atoms with E-state index in [0.717, 1.165) is 28.9 Å². The fraction of sp³-hybridized carbons (Fsp3) is 0.385. The van der Waals surface area contributed by atoms with Crippen LogP contribution in [0.2, 0.25) is 0 Å². The molecule has 0 saturated heterocycles. The van der Waals surface area contributed by atoms with Crippen LogP contribution in [-0.4, -0.2) is 12.2 Å². The highest BCUT2D eigenvalue weighted by Crippen LogP contribution is 2.45. The molecule has 0 spiro atoms. The maximum absolute atomic E-state index is 11.3. The summed E-state index contributed by atoms with van der Waals surface area (Å²) in [5.74, 6) is 1.25. The monoisotopic (exact) mass is 376 g/mol. The van der Waals surface area contributed by atoms with Crippen molar-refractivity contribution in [3.8, 4) is 11.5 Å². The molecule has 28 heavy (non-hydrogen) atoms. The van der Waals surface area contributed by atoms with Gasteiger partial charge < -0.3 is 9.84 Å². The smallest absolute Gasteiger partial charge is 0.123 e. The van der Waals surface area contributed by atoms with Crippen molar-refractivity contribution < 1.29 is 9.84 Å². The van der Waals surface area contributed by atoms with E-state index in [1.807, 2.05) is 6.07 Å². The number of ether oxygens (including phenoxy) is 1. The first-order chi connectivity index (χ1) is 13.0. The third-order valence-electron chi connectivity index (χ3n) is 5.39. The van der Waals surface area contributed by atoms with E-state index in [1.165, 1.54) is 16.3 Å². The van der Waals surface area contributed by atoms with E-state index in [0.29, 0.717) is 5.75 Å². The highest BCUT2D eigenvalue weighted by atomic mass is 16.5. The first-order valence-electron chi connectivity index (χ1n) is 9.94. The normalized spacial score (nSPS) is 12.4. The van der Waals surface area contributed by atoms with E-state index < -0.39 is 0 Å². The minimum atomic E-state index is -0.210. The molecule has 148 valence electrons. The molecule has 0 unspecified atom stereocenters. The summed E-state index contributed by atoms with van der Waals surface area (Å²) < 4.78 is 5.85.